The van der Waals surface area contributed by atoms with Gasteiger partial charge in [0.05, 0.1) is 13.5 Å². The van der Waals surface area contributed by atoms with Crippen molar-refractivity contribution in [2.45, 2.75) is 46.4 Å². The highest BCUT2D eigenvalue weighted by atomic mass is 16.5. The molecular formula is C14H21BN4O2. The van der Waals surface area contributed by atoms with Gasteiger partial charge in [-0.25, -0.2) is 4.98 Å². The Balaban J connectivity index is 2.45. The van der Waals surface area contributed by atoms with E-state index in [2.05, 4.69) is 15.6 Å². The van der Waals surface area contributed by atoms with Gasteiger partial charge in [0, 0.05) is 11.5 Å². The molecule has 0 aliphatic carbocycles. The van der Waals surface area contributed by atoms with Crippen molar-refractivity contribution in [3.8, 4) is 5.75 Å². The van der Waals surface area contributed by atoms with Crippen LogP contribution in [0.3, 0.4) is 0 Å². The maximum absolute atomic E-state index is 12.2. The van der Waals surface area contributed by atoms with Gasteiger partial charge in [-0.3, -0.25) is 10.5 Å². The fourth-order valence-electron chi connectivity index (χ4n) is 2.19. The summed E-state index contributed by atoms with van der Waals surface area (Å²) in [5.41, 5.74) is 8.57. The molecule has 7 heteroatoms. The van der Waals surface area contributed by atoms with Gasteiger partial charge in [-0.15, -0.1) is 0 Å². The Morgan fingerprint density at radius 1 is 1.43 bits per heavy atom. The van der Waals surface area contributed by atoms with Crippen molar-refractivity contribution in [1.29, 1.82) is 0 Å². The largest absolute Gasteiger partial charge is 0.452 e. The molecule has 0 fully saturated rings. The molecule has 0 spiro atoms. The molecule has 4 N–H and O–H groups in total. The Morgan fingerprint density at radius 2 is 2.05 bits per heavy atom. The number of hydrogen-bond acceptors (Lipinski definition) is 5. The second-order valence-electron chi connectivity index (χ2n) is 5.81. The first kappa shape index (κ1) is 15.6. The minimum atomic E-state index is -0.990. The van der Waals surface area contributed by atoms with Crippen molar-refractivity contribution < 1.29 is 9.53 Å². The van der Waals surface area contributed by atoms with Gasteiger partial charge in [0.15, 0.2) is 5.75 Å². The third-order valence-corrected chi connectivity index (χ3v) is 3.59. The molecule has 112 valence electrons. The number of anilines is 1. The van der Waals surface area contributed by atoms with Crippen molar-refractivity contribution in [3.63, 3.8) is 0 Å². The van der Waals surface area contributed by atoms with Crippen LogP contribution in [0, 0.1) is 19.8 Å². The second-order valence-corrected chi connectivity index (χ2v) is 5.81. The number of nitrogens with zero attached hydrogens (tertiary/aromatic N) is 1. The van der Waals surface area contributed by atoms with Gasteiger partial charge in [-0.1, -0.05) is 20.8 Å². The van der Waals surface area contributed by atoms with E-state index in [4.69, 9.17) is 18.3 Å². The topological polar surface area (TPSA) is 89.3 Å². The standard InChI is InChI=1S/C14H21BN4O2/c1-6(2)14(16)19-11-8(4)17-10(7(3)12(11)21-14)13(20)18-9(5)15/h6,9,19H,16H2,1-5H3,(H,18,20). The number of aryl methyl sites for hydroxylation is 1. The SMILES string of the molecule is [B]C(C)NC(=O)c1nc(C)c2c(c1C)OC(N)(C(C)C)N2. The zero-order chi connectivity index (χ0) is 15.9. The Bertz CT molecular complexity index is 589. The molecule has 0 saturated heterocycles. The number of rotatable bonds is 3. The monoisotopic (exact) mass is 288 g/mol. The Hall–Kier alpha value is -1.76. The lowest BCUT2D eigenvalue weighted by atomic mass is 9.99. The minimum Gasteiger partial charge on any atom is -0.452 e. The molecule has 21 heavy (non-hydrogen) atoms. The predicted octanol–water partition coefficient (Wildman–Crippen LogP) is 1.02. The van der Waals surface area contributed by atoms with Crippen LogP contribution >= 0.6 is 0 Å². The maximum Gasteiger partial charge on any atom is 0.269 e. The van der Waals surface area contributed by atoms with Crippen LogP contribution in [0.15, 0.2) is 0 Å². The summed E-state index contributed by atoms with van der Waals surface area (Å²) in [7, 11) is 5.59. The molecule has 2 atom stereocenters. The van der Waals surface area contributed by atoms with Gasteiger partial charge < -0.3 is 15.4 Å². The molecule has 0 aromatic carbocycles. The molecule has 0 bridgehead atoms. The summed E-state index contributed by atoms with van der Waals surface area (Å²) >= 11 is 0. The van der Waals surface area contributed by atoms with Crippen LogP contribution in [-0.2, 0) is 0 Å². The Labute approximate surface area is 126 Å². The second kappa shape index (κ2) is 5.22. The summed E-state index contributed by atoms with van der Waals surface area (Å²) in [5, 5.41) is 5.79. The highest BCUT2D eigenvalue weighted by molar-refractivity contribution is 6.13. The summed E-state index contributed by atoms with van der Waals surface area (Å²) < 4.78 is 5.88. The molecule has 1 amide bonds. The number of ether oxygens (including phenoxy) is 1. The van der Waals surface area contributed by atoms with E-state index in [1.165, 1.54) is 0 Å². The number of nitrogens with one attached hydrogen (secondary N) is 2. The van der Waals surface area contributed by atoms with Gasteiger partial charge in [0.1, 0.15) is 11.4 Å². The van der Waals surface area contributed by atoms with E-state index in [1.54, 1.807) is 13.8 Å². The fraction of sp³-hybridized carbons (Fsp3) is 0.571. The van der Waals surface area contributed by atoms with Crippen molar-refractivity contribution in [2.24, 2.45) is 11.7 Å². The molecule has 2 rings (SSSR count). The minimum absolute atomic E-state index is 0.0463. The van der Waals surface area contributed by atoms with E-state index in [9.17, 15) is 4.79 Å². The summed E-state index contributed by atoms with van der Waals surface area (Å²) in [4.78, 5) is 16.5. The van der Waals surface area contributed by atoms with Gasteiger partial charge in [-0.2, -0.15) is 0 Å². The van der Waals surface area contributed by atoms with E-state index in [0.717, 1.165) is 5.69 Å². The number of amides is 1. The summed E-state index contributed by atoms with van der Waals surface area (Å²) in [6.45, 7) is 9.20. The first-order valence-corrected chi connectivity index (χ1v) is 6.99. The van der Waals surface area contributed by atoms with Crippen molar-refractivity contribution >= 4 is 19.4 Å². The van der Waals surface area contributed by atoms with Crippen molar-refractivity contribution in [2.75, 3.05) is 5.32 Å². The first-order chi connectivity index (χ1) is 9.65. The smallest absolute Gasteiger partial charge is 0.269 e. The van der Waals surface area contributed by atoms with Gasteiger partial charge in [-0.05, 0) is 19.8 Å². The van der Waals surface area contributed by atoms with E-state index in [0.29, 0.717) is 22.7 Å². The molecule has 1 aromatic heterocycles. The number of fused-ring (bicyclic) bond motifs is 1. The van der Waals surface area contributed by atoms with E-state index in [-0.39, 0.29) is 11.8 Å². The molecule has 2 unspecified atom stereocenters. The Kier molecular flexibility index (Phi) is 3.88. The summed E-state index contributed by atoms with van der Waals surface area (Å²) in [5.74, 6) is -1.14. The molecule has 2 radical (unpaired) electrons. The van der Waals surface area contributed by atoms with E-state index in [1.807, 2.05) is 20.8 Å². The number of hydrogen-bond donors (Lipinski definition) is 3. The number of pyridine rings is 1. The first-order valence-electron chi connectivity index (χ1n) is 6.99. The molecule has 0 saturated carbocycles. The Morgan fingerprint density at radius 3 is 2.57 bits per heavy atom. The molecule has 1 aromatic rings. The average molecular weight is 288 g/mol. The number of carbonyl (C=O) groups is 1. The highest BCUT2D eigenvalue weighted by Crippen LogP contribution is 2.42. The van der Waals surface area contributed by atoms with Crippen LogP contribution in [0.1, 0.15) is 42.5 Å². The van der Waals surface area contributed by atoms with Crippen LogP contribution in [0.2, 0.25) is 0 Å². The van der Waals surface area contributed by atoms with Gasteiger partial charge in [0.25, 0.3) is 5.91 Å². The molecular weight excluding hydrogens is 267 g/mol. The molecule has 2 heterocycles. The average Bonchev–Trinajstić information content (AvgIpc) is 2.73. The van der Waals surface area contributed by atoms with Gasteiger partial charge in [0.2, 0.25) is 5.85 Å². The zero-order valence-electron chi connectivity index (χ0n) is 13.1. The van der Waals surface area contributed by atoms with Crippen LogP contribution in [0.25, 0.3) is 0 Å². The number of aromatic nitrogens is 1. The lowest BCUT2D eigenvalue weighted by Gasteiger charge is -2.28. The van der Waals surface area contributed by atoms with Crippen molar-refractivity contribution in [3.05, 3.63) is 17.0 Å². The maximum atomic E-state index is 12.2. The highest BCUT2D eigenvalue weighted by Gasteiger charge is 2.41. The normalized spacial score (nSPS) is 21.5. The number of carbonyl (C=O) groups excluding carboxylic acids is 1. The lowest BCUT2D eigenvalue weighted by molar-refractivity contribution is 0.0732. The lowest BCUT2D eigenvalue weighted by Crippen LogP contribution is -2.54. The zero-order valence-corrected chi connectivity index (χ0v) is 13.1. The molecule has 6 nitrogen and oxygen atoms in total. The van der Waals surface area contributed by atoms with Crippen LogP contribution in [0.5, 0.6) is 5.75 Å². The molecule has 1 aliphatic rings. The van der Waals surface area contributed by atoms with Crippen LogP contribution in [-0.4, -0.2) is 30.5 Å². The predicted molar refractivity (Wildman–Crippen MR) is 82.4 cm³/mol. The van der Waals surface area contributed by atoms with E-state index < -0.39 is 11.8 Å². The van der Waals surface area contributed by atoms with E-state index >= 15 is 0 Å². The van der Waals surface area contributed by atoms with Crippen LogP contribution < -0.4 is 21.1 Å². The summed E-state index contributed by atoms with van der Waals surface area (Å²) in [6.07, 6.45) is 0. The fourth-order valence-corrected chi connectivity index (χ4v) is 2.19. The quantitative estimate of drug-likeness (QED) is 0.722. The third kappa shape index (κ3) is 2.70. The number of nitrogens with two attached hydrogens (primary N) is 1. The van der Waals surface area contributed by atoms with Gasteiger partial charge >= 0.3 is 0 Å². The summed E-state index contributed by atoms with van der Waals surface area (Å²) in [6, 6.07) is 0. The van der Waals surface area contributed by atoms with Crippen LogP contribution in [0.4, 0.5) is 5.69 Å². The third-order valence-electron chi connectivity index (χ3n) is 3.59. The molecule has 1 aliphatic heterocycles. The van der Waals surface area contributed by atoms with Crippen molar-refractivity contribution in [1.82, 2.24) is 10.3 Å².